The van der Waals surface area contributed by atoms with Crippen LogP contribution in [-0.4, -0.2) is 12.4 Å². The van der Waals surface area contributed by atoms with Crippen molar-refractivity contribution in [3.63, 3.8) is 0 Å². The van der Waals surface area contributed by atoms with Crippen LogP contribution in [0.1, 0.15) is 60.7 Å². The number of hydrogen-bond acceptors (Lipinski definition) is 2. The van der Waals surface area contributed by atoms with Crippen molar-refractivity contribution < 1.29 is 9.53 Å². The summed E-state index contributed by atoms with van der Waals surface area (Å²) in [5.74, 6) is 0.731. The van der Waals surface area contributed by atoms with Crippen LogP contribution >= 0.6 is 0 Å². The average Bonchev–Trinajstić information content (AvgIpc) is 2.82. The fourth-order valence-corrected chi connectivity index (χ4v) is 5.54. The highest BCUT2D eigenvalue weighted by Gasteiger charge is 2.40. The van der Waals surface area contributed by atoms with E-state index in [9.17, 15) is 4.79 Å². The Labute approximate surface area is 202 Å². The van der Waals surface area contributed by atoms with Gasteiger partial charge in [-0.05, 0) is 92.1 Å². The lowest BCUT2D eigenvalue weighted by Crippen LogP contribution is -2.36. The lowest BCUT2D eigenvalue weighted by molar-refractivity contribution is 0.103. The van der Waals surface area contributed by atoms with E-state index in [-0.39, 0.29) is 11.2 Å². The molecule has 3 aromatic carbocycles. The van der Waals surface area contributed by atoms with Gasteiger partial charge in [0, 0.05) is 5.41 Å². The van der Waals surface area contributed by atoms with Crippen LogP contribution in [0.4, 0.5) is 0 Å². The fourth-order valence-electron chi connectivity index (χ4n) is 5.54. The summed E-state index contributed by atoms with van der Waals surface area (Å²) in [6.07, 6.45) is 12.2. The lowest BCUT2D eigenvalue weighted by atomic mass is 9.63. The molecule has 0 atom stereocenters. The number of rotatable bonds is 6. The normalized spacial score (nSPS) is 16.0. The van der Waals surface area contributed by atoms with E-state index in [1.807, 2.05) is 12.1 Å². The third-order valence-electron chi connectivity index (χ3n) is 7.21. The molecule has 0 fully saturated rings. The van der Waals surface area contributed by atoms with Crippen molar-refractivity contribution in [2.45, 2.75) is 51.9 Å². The van der Waals surface area contributed by atoms with Gasteiger partial charge in [0.15, 0.2) is 5.78 Å². The molecule has 2 aliphatic carbocycles. The van der Waals surface area contributed by atoms with E-state index < -0.39 is 0 Å². The molecule has 1 spiro atoms. The summed E-state index contributed by atoms with van der Waals surface area (Å²) in [6.45, 7) is 6.88. The van der Waals surface area contributed by atoms with Crippen molar-refractivity contribution in [3.8, 4) is 5.75 Å². The molecule has 0 aliphatic heterocycles. The van der Waals surface area contributed by atoms with E-state index in [4.69, 9.17) is 4.74 Å². The molecule has 172 valence electrons. The van der Waals surface area contributed by atoms with Gasteiger partial charge in [0.25, 0.3) is 0 Å². The van der Waals surface area contributed by atoms with E-state index >= 15 is 0 Å². The Morgan fingerprint density at radius 2 is 1.65 bits per heavy atom. The maximum atomic E-state index is 13.1. The average molecular weight is 449 g/mol. The van der Waals surface area contributed by atoms with Crippen LogP contribution in [0.5, 0.6) is 5.75 Å². The lowest BCUT2D eigenvalue weighted by Gasteiger charge is -2.39. The molecule has 0 saturated carbocycles. The van der Waals surface area contributed by atoms with E-state index in [1.165, 1.54) is 33.0 Å². The molecule has 0 radical (unpaired) electrons. The first-order chi connectivity index (χ1) is 16.5. The van der Waals surface area contributed by atoms with Crippen molar-refractivity contribution in [2.75, 3.05) is 6.61 Å². The molecule has 0 bridgehead atoms. The predicted octanol–water partition coefficient (Wildman–Crippen LogP) is 7.70. The fraction of sp³-hybridized carbons (Fsp3) is 0.281. The second-order valence-electron chi connectivity index (χ2n) is 10.0. The van der Waals surface area contributed by atoms with Gasteiger partial charge in [-0.2, -0.15) is 0 Å². The standard InChI is InChI=1S/C32H32O2/c1-22(2)8-4-9-23(3)17-19-34-29-15-7-14-27-31(29)28(33)16-18-32(27)20-25-12-5-10-24-11-6-13-26(21-32)30(24)25/h5-8,10-18H,4,9,19-21H2,1-3H3/b23-17-. The number of fused-ring (bicyclic) bond motifs is 2. The predicted molar refractivity (Wildman–Crippen MR) is 141 cm³/mol. The minimum absolute atomic E-state index is 0.0394. The SMILES string of the molecule is CC(C)=CCC/C(C)=C\COc1cccc2c1C(=O)C=CC21Cc2cccc3cccc(c23)C1. The second-order valence-corrected chi connectivity index (χ2v) is 10.0. The van der Waals surface area contributed by atoms with Gasteiger partial charge in [-0.1, -0.05) is 71.8 Å². The summed E-state index contributed by atoms with van der Waals surface area (Å²) >= 11 is 0. The van der Waals surface area contributed by atoms with E-state index in [0.717, 1.165) is 36.8 Å². The smallest absolute Gasteiger partial charge is 0.189 e. The van der Waals surface area contributed by atoms with Crippen LogP contribution < -0.4 is 4.74 Å². The Hall–Kier alpha value is -3.39. The molecule has 0 amide bonds. The Bertz CT molecular complexity index is 1310. The monoisotopic (exact) mass is 448 g/mol. The van der Waals surface area contributed by atoms with Crippen molar-refractivity contribution in [1.29, 1.82) is 0 Å². The van der Waals surface area contributed by atoms with Gasteiger partial charge in [0.2, 0.25) is 0 Å². The van der Waals surface area contributed by atoms with E-state index in [2.05, 4.69) is 81.5 Å². The minimum atomic E-state index is -0.221. The van der Waals surface area contributed by atoms with Crippen LogP contribution in [0.2, 0.25) is 0 Å². The zero-order valence-corrected chi connectivity index (χ0v) is 20.4. The molecular weight excluding hydrogens is 416 g/mol. The zero-order chi connectivity index (χ0) is 23.7. The van der Waals surface area contributed by atoms with Gasteiger partial charge in [-0.3, -0.25) is 4.79 Å². The van der Waals surface area contributed by atoms with Crippen LogP contribution in [0, 0.1) is 0 Å². The zero-order valence-electron chi connectivity index (χ0n) is 20.4. The molecule has 2 heteroatoms. The van der Waals surface area contributed by atoms with Crippen LogP contribution in [0.15, 0.2) is 90.0 Å². The quantitative estimate of drug-likeness (QED) is 0.361. The van der Waals surface area contributed by atoms with E-state index in [1.54, 1.807) is 6.08 Å². The molecule has 0 aromatic heterocycles. The summed E-state index contributed by atoms with van der Waals surface area (Å²) in [6, 6.07) is 19.2. The van der Waals surface area contributed by atoms with Crippen LogP contribution in [0.3, 0.4) is 0 Å². The van der Waals surface area contributed by atoms with Gasteiger partial charge in [-0.25, -0.2) is 0 Å². The topological polar surface area (TPSA) is 26.3 Å². The van der Waals surface area contributed by atoms with Crippen molar-refractivity contribution in [3.05, 3.63) is 112 Å². The van der Waals surface area contributed by atoms with Gasteiger partial charge in [0.05, 0.1) is 5.56 Å². The minimum Gasteiger partial charge on any atom is -0.489 e. The summed E-state index contributed by atoms with van der Waals surface area (Å²) in [7, 11) is 0. The molecular formula is C32H32O2. The molecule has 2 aliphatic rings. The number of ketones is 1. The molecule has 34 heavy (non-hydrogen) atoms. The number of hydrogen-bond donors (Lipinski definition) is 0. The first-order valence-electron chi connectivity index (χ1n) is 12.3. The molecule has 3 aromatic rings. The highest BCUT2D eigenvalue weighted by atomic mass is 16.5. The maximum Gasteiger partial charge on any atom is 0.189 e. The summed E-state index contributed by atoms with van der Waals surface area (Å²) in [5.41, 5.74) is 6.96. The molecule has 0 N–H and O–H groups in total. The van der Waals surface area contributed by atoms with Gasteiger partial charge in [0.1, 0.15) is 12.4 Å². The summed E-state index contributed by atoms with van der Waals surface area (Å²) in [5, 5.41) is 2.67. The Balaban J connectivity index is 1.44. The molecule has 5 rings (SSSR count). The number of benzene rings is 3. The third kappa shape index (κ3) is 4.14. The van der Waals surface area contributed by atoms with Gasteiger partial charge < -0.3 is 4.74 Å². The van der Waals surface area contributed by atoms with Crippen molar-refractivity contribution in [2.24, 2.45) is 0 Å². The molecule has 0 unspecified atom stereocenters. The number of ether oxygens (including phenoxy) is 1. The number of allylic oxidation sites excluding steroid dienone is 5. The first-order valence-corrected chi connectivity index (χ1v) is 12.3. The van der Waals surface area contributed by atoms with Crippen LogP contribution in [0.25, 0.3) is 10.8 Å². The Morgan fingerprint density at radius 3 is 2.35 bits per heavy atom. The Morgan fingerprint density at radius 1 is 0.941 bits per heavy atom. The molecule has 0 saturated heterocycles. The second kappa shape index (κ2) is 9.10. The summed E-state index contributed by atoms with van der Waals surface area (Å²) in [4.78, 5) is 13.1. The van der Waals surface area contributed by atoms with Crippen molar-refractivity contribution in [1.82, 2.24) is 0 Å². The van der Waals surface area contributed by atoms with Crippen molar-refractivity contribution >= 4 is 16.6 Å². The van der Waals surface area contributed by atoms with Gasteiger partial charge in [-0.15, -0.1) is 0 Å². The Kier molecular flexibility index (Phi) is 6.00. The maximum absolute atomic E-state index is 13.1. The number of carbonyl (C=O) groups is 1. The number of carbonyl (C=O) groups excluding carboxylic acids is 1. The third-order valence-corrected chi connectivity index (χ3v) is 7.21. The molecule has 0 heterocycles. The van der Waals surface area contributed by atoms with E-state index in [0.29, 0.717) is 12.4 Å². The largest absolute Gasteiger partial charge is 0.489 e. The molecule has 2 nitrogen and oxygen atoms in total. The van der Waals surface area contributed by atoms with Crippen LogP contribution in [-0.2, 0) is 18.3 Å². The summed E-state index contributed by atoms with van der Waals surface area (Å²) < 4.78 is 6.19. The van der Waals surface area contributed by atoms with Gasteiger partial charge >= 0.3 is 0 Å². The first kappa shape index (κ1) is 22.4. The highest BCUT2D eigenvalue weighted by molar-refractivity contribution is 6.09. The highest BCUT2D eigenvalue weighted by Crippen LogP contribution is 2.46.